The maximum Gasteiger partial charge on any atom is 0.320 e. The molecular weight excluding hydrogens is 206 g/mol. The van der Waals surface area contributed by atoms with Gasteiger partial charge in [0.2, 0.25) is 5.91 Å². The number of primary amides is 1. The van der Waals surface area contributed by atoms with Crippen molar-refractivity contribution >= 4 is 11.9 Å². The van der Waals surface area contributed by atoms with Crippen molar-refractivity contribution in [2.24, 2.45) is 11.1 Å². The molecule has 90 valence electrons. The first-order valence-corrected chi connectivity index (χ1v) is 5.87. The quantitative estimate of drug-likeness (QED) is 0.702. The lowest BCUT2D eigenvalue weighted by molar-refractivity contribution is -0.126. The number of amides is 3. The number of likely N-dealkylation sites (tertiary alicyclic amines) is 2. The third kappa shape index (κ3) is 1.86. The first-order chi connectivity index (χ1) is 7.53. The molecule has 0 bridgehead atoms. The molecule has 2 aliphatic heterocycles. The molecule has 1 atom stereocenters. The van der Waals surface area contributed by atoms with Crippen LogP contribution >= 0.6 is 0 Å². The normalized spacial score (nSPS) is 29.8. The zero-order valence-corrected chi connectivity index (χ0v) is 9.74. The van der Waals surface area contributed by atoms with E-state index in [4.69, 9.17) is 5.73 Å². The predicted octanol–water partition coefficient (Wildman–Crippen LogP) is 0.399. The minimum Gasteiger partial charge on any atom is -0.369 e. The summed E-state index contributed by atoms with van der Waals surface area (Å²) in [6.07, 6.45) is 2.86. The third-order valence-electron chi connectivity index (χ3n) is 3.72. The Labute approximate surface area is 95.6 Å². The molecule has 5 nitrogen and oxygen atoms in total. The molecule has 2 heterocycles. The van der Waals surface area contributed by atoms with E-state index in [2.05, 4.69) is 0 Å². The number of urea groups is 1. The Morgan fingerprint density at radius 3 is 2.25 bits per heavy atom. The number of hydrogen-bond donors (Lipinski definition) is 1. The van der Waals surface area contributed by atoms with Crippen LogP contribution < -0.4 is 5.73 Å². The molecule has 0 aliphatic carbocycles. The molecule has 0 radical (unpaired) electrons. The minimum absolute atomic E-state index is 0.0717. The van der Waals surface area contributed by atoms with E-state index in [-0.39, 0.29) is 11.9 Å². The molecule has 0 aromatic heterocycles. The van der Waals surface area contributed by atoms with E-state index in [1.807, 2.05) is 11.8 Å². The van der Waals surface area contributed by atoms with Crippen molar-refractivity contribution in [2.75, 3.05) is 26.2 Å². The van der Waals surface area contributed by atoms with Gasteiger partial charge in [-0.25, -0.2) is 4.79 Å². The van der Waals surface area contributed by atoms with Gasteiger partial charge >= 0.3 is 6.03 Å². The van der Waals surface area contributed by atoms with Gasteiger partial charge in [0.05, 0.1) is 5.41 Å². The Kier molecular flexibility index (Phi) is 2.78. The Bertz CT molecular complexity index is 312. The Balaban J connectivity index is 1.97. The summed E-state index contributed by atoms with van der Waals surface area (Å²) >= 11 is 0. The standard InChI is InChI=1S/C11H19N3O2/c1-11(9(12)15)4-7-14(8-11)10(16)13-5-2-3-6-13/h2-8H2,1H3,(H2,12,15). The van der Waals surface area contributed by atoms with Gasteiger partial charge in [-0.3, -0.25) is 4.79 Å². The maximum atomic E-state index is 12.1. The second kappa shape index (κ2) is 3.96. The van der Waals surface area contributed by atoms with Crippen LogP contribution in [-0.2, 0) is 4.79 Å². The van der Waals surface area contributed by atoms with Crippen molar-refractivity contribution in [1.29, 1.82) is 0 Å². The van der Waals surface area contributed by atoms with Crippen molar-refractivity contribution in [3.8, 4) is 0 Å². The number of hydrogen-bond acceptors (Lipinski definition) is 2. The second-order valence-electron chi connectivity index (χ2n) is 5.07. The maximum absolute atomic E-state index is 12.1. The molecule has 1 unspecified atom stereocenters. The second-order valence-corrected chi connectivity index (χ2v) is 5.07. The van der Waals surface area contributed by atoms with Crippen LogP contribution in [0.5, 0.6) is 0 Å². The molecule has 2 fully saturated rings. The van der Waals surface area contributed by atoms with E-state index in [1.165, 1.54) is 0 Å². The van der Waals surface area contributed by atoms with E-state index in [1.54, 1.807) is 4.90 Å². The highest BCUT2D eigenvalue weighted by molar-refractivity contribution is 5.83. The van der Waals surface area contributed by atoms with E-state index in [0.29, 0.717) is 19.5 Å². The Morgan fingerprint density at radius 2 is 1.75 bits per heavy atom. The van der Waals surface area contributed by atoms with Crippen LogP contribution in [0.4, 0.5) is 4.79 Å². The molecule has 3 amide bonds. The fraction of sp³-hybridized carbons (Fsp3) is 0.818. The summed E-state index contributed by atoms with van der Waals surface area (Å²) in [6.45, 7) is 4.66. The van der Waals surface area contributed by atoms with Gasteiger partial charge in [-0.1, -0.05) is 0 Å². The number of nitrogens with zero attached hydrogens (tertiary/aromatic N) is 2. The molecular formula is C11H19N3O2. The van der Waals surface area contributed by atoms with Crippen LogP contribution in [0, 0.1) is 5.41 Å². The summed E-state index contributed by atoms with van der Waals surface area (Å²) in [5, 5.41) is 0. The summed E-state index contributed by atoms with van der Waals surface area (Å²) in [7, 11) is 0. The highest BCUT2D eigenvalue weighted by Gasteiger charge is 2.41. The molecule has 0 aromatic rings. The summed E-state index contributed by atoms with van der Waals surface area (Å²) in [5.41, 5.74) is 4.82. The minimum atomic E-state index is -0.532. The summed E-state index contributed by atoms with van der Waals surface area (Å²) in [6, 6.07) is 0.0717. The largest absolute Gasteiger partial charge is 0.369 e. The van der Waals surface area contributed by atoms with Crippen LogP contribution in [0.2, 0.25) is 0 Å². The van der Waals surface area contributed by atoms with Gasteiger partial charge in [0.1, 0.15) is 0 Å². The highest BCUT2D eigenvalue weighted by atomic mass is 16.2. The molecule has 0 spiro atoms. The van der Waals surface area contributed by atoms with Gasteiger partial charge < -0.3 is 15.5 Å². The van der Waals surface area contributed by atoms with Crippen molar-refractivity contribution < 1.29 is 9.59 Å². The molecule has 0 saturated carbocycles. The number of nitrogens with two attached hydrogens (primary N) is 1. The zero-order valence-electron chi connectivity index (χ0n) is 9.74. The van der Waals surface area contributed by atoms with Gasteiger partial charge in [-0.15, -0.1) is 0 Å². The summed E-state index contributed by atoms with van der Waals surface area (Å²) in [5.74, 6) is -0.302. The monoisotopic (exact) mass is 225 g/mol. The fourth-order valence-corrected chi connectivity index (χ4v) is 2.43. The smallest absolute Gasteiger partial charge is 0.320 e. The fourth-order valence-electron chi connectivity index (χ4n) is 2.43. The van der Waals surface area contributed by atoms with Crippen molar-refractivity contribution in [2.45, 2.75) is 26.2 Å². The average Bonchev–Trinajstić information content (AvgIpc) is 2.85. The Morgan fingerprint density at radius 1 is 1.12 bits per heavy atom. The average molecular weight is 225 g/mol. The lowest BCUT2D eigenvalue weighted by atomic mass is 9.89. The molecule has 0 aromatic carbocycles. The summed E-state index contributed by atoms with van der Waals surface area (Å²) in [4.78, 5) is 27.0. The zero-order chi connectivity index (χ0) is 11.8. The summed E-state index contributed by atoms with van der Waals surface area (Å²) < 4.78 is 0. The lowest BCUT2D eigenvalue weighted by Gasteiger charge is -2.25. The Hall–Kier alpha value is -1.26. The SMILES string of the molecule is CC1(C(N)=O)CCN(C(=O)N2CCCC2)C1. The van der Waals surface area contributed by atoms with Gasteiger partial charge in [-0.05, 0) is 26.2 Å². The van der Waals surface area contributed by atoms with E-state index >= 15 is 0 Å². The van der Waals surface area contributed by atoms with Gasteiger partial charge in [0, 0.05) is 26.2 Å². The van der Waals surface area contributed by atoms with E-state index in [0.717, 1.165) is 25.9 Å². The van der Waals surface area contributed by atoms with E-state index < -0.39 is 5.41 Å². The van der Waals surface area contributed by atoms with Crippen LogP contribution in [0.25, 0.3) is 0 Å². The number of carbonyl (C=O) groups is 2. The van der Waals surface area contributed by atoms with E-state index in [9.17, 15) is 9.59 Å². The molecule has 2 rings (SSSR count). The molecule has 2 saturated heterocycles. The van der Waals surface area contributed by atoms with Gasteiger partial charge in [-0.2, -0.15) is 0 Å². The third-order valence-corrected chi connectivity index (χ3v) is 3.72. The number of carbonyl (C=O) groups excluding carboxylic acids is 2. The molecule has 2 N–H and O–H groups in total. The van der Waals surface area contributed by atoms with Crippen LogP contribution in [0.3, 0.4) is 0 Å². The molecule has 5 heteroatoms. The predicted molar refractivity (Wildman–Crippen MR) is 59.7 cm³/mol. The van der Waals surface area contributed by atoms with Crippen LogP contribution in [-0.4, -0.2) is 47.9 Å². The van der Waals surface area contributed by atoms with Gasteiger partial charge in [0.25, 0.3) is 0 Å². The first-order valence-electron chi connectivity index (χ1n) is 5.87. The van der Waals surface area contributed by atoms with Crippen LogP contribution in [0.15, 0.2) is 0 Å². The van der Waals surface area contributed by atoms with Crippen molar-refractivity contribution in [1.82, 2.24) is 9.80 Å². The molecule has 2 aliphatic rings. The number of rotatable bonds is 1. The highest BCUT2D eigenvalue weighted by Crippen LogP contribution is 2.30. The van der Waals surface area contributed by atoms with Crippen LogP contribution in [0.1, 0.15) is 26.2 Å². The molecule has 16 heavy (non-hydrogen) atoms. The lowest BCUT2D eigenvalue weighted by Crippen LogP contribution is -2.43. The first kappa shape index (κ1) is 11.2. The van der Waals surface area contributed by atoms with Crippen molar-refractivity contribution in [3.05, 3.63) is 0 Å². The topological polar surface area (TPSA) is 66.6 Å². The van der Waals surface area contributed by atoms with Crippen molar-refractivity contribution in [3.63, 3.8) is 0 Å². The van der Waals surface area contributed by atoms with Gasteiger partial charge in [0.15, 0.2) is 0 Å².